The number of aromatic hydroxyl groups is 1. The summed E-state index contributed by atoms with van der Waals surface area (Å²) in [5, 5.41) is 11.9. The van der Waals surface area contributed by atoms with Crippen molar-refractivity contribution < 1.29 is 14.3 Å². The van der Waals surface area contributed by atoms with Crippen molar-refractivity contribution in [2.75, 3.05) is 5.32 Å². The van der Waals surface area contributed by atoms with Gasteiger partial charge in [-0.2, -0.15) is 0 Å². The number of carbonyl (C=O) groups excluding carboxylic acids is 1. The molecular formula is C12H15FN2O2. The minimum Gasteiger partial charge on any atom is -0.506 e. The lowest BCUT2D eigenvalue weighted by molar-refractivity contribution is -0.121. The Morgan fingerprint density at radius 1 is 1.59 bits per heavy atom. The molecule has 17 heavy (non-hydrogen) atoms. The second-order valence-corrected chi connectivity index (χ2v) is 4.67. The highest BCUT2D eigenvalue weighted by atomic mass is 19.1. The maximum atomic E-state index is 13.0. The zero-order valence-corrected chi connectivity index (χ0v) is 9.53. The van der Waals surface area contributed by atoms with Crippen molar-refractivity contribution >= 4 is 11.6 Å². The van der Waals surface area contributed by atoms with Crippen LogP contribution in [-0.2, 0) is 4.79 Å². The highest BCUT2D eigenvalue weighted by molar-refractivity contribution is 5.99. The third-order valence-corrected chi connectivity index (χ3v) is 3.12. The van der Waals surface area contributed by atoms with Gasteiger partial charge in [0.15, 0.2) is 0 Å². The Kier molecular flexibility index (Phi) is 2.79. The maximum Gasteiger partial charge on any atom is 0.244 e. The quantitative estimate of drug-likeness (QED) is 0.700. The van der Waals surface area contributed by atoms with Crippen molar-refractivity contribution in [1.29, 1.82) is 0 Å². The molecule has 1 fully saturated rings. The number of phenols is 1. The van der Waals surface area contributed by atoms with Crippen LogP contribution in [0.3, 0.4) is 0 Å². The van der Waals surface area contributed by atoms with Gasteiger partial charge in [0, 0.05) is 6.07 Å². The minimum atomic E-state index is -0.973. The van der Waals surface area contributed by atoms with Gasteiger partial charge in [0.2, 0.25) is 5.91 Å². The van der Waals surface area contributed by atoms with Crippen molar-refractivity contribution in [1.82, 2.24) is 0 Å². The topological polar surface area (TPSA) is 75.4 Å². The molecule has 1 atom stereocenters. The van der Waals surface area contributed by atoms with E-state index in [1.807, 2.05) is 0 Å². The molecule has 0 heterocycles. The van der Waals surface area contributed by atoms with E-state index in [0.29, 0.717) is 0 Å². The van der Waals surface area contributed by atoms with E-state index >= 15 is 0 Å². The average Bonchev–Trinajstić information content (AvgIpc) is 3.07. The number of benzene rings is 1. The van der Waals surface area contributed by atoms with Gasteiger partial charge in [0.25, 0.3) is 0 Å². The van der Waals surface area contributed by atoms with Crippen molar-refractivity contribution in [3.8, 4) is 5.75 Å². The van der Waals surface area contributed by atoms with Crippen LogP contribution in [0, 0.1) is 11.7 Å². The summed E-state index contributed by atoms with van der Waals surface area (Å²) in [5.41, 5.74) is 4.99. The molecule has 4 nitrogen and oxygen atoms in total. The Labute approximate surface area is 98.6 Å². The monoisotopic (exact) mass is 238 g/mol. The van der Waals surface area contributed by atoms with E-state index in [1.165, 1.54) is 6.07 Å². The van der Waals surface area contributed by atoms with E-state index in [4.69, 9.17) is 5.73 Å². The maximum absolute atomic E-state index is 13.0. The number of nitrogens with two attached hydrogens (primary N) is 1. The molecule has 1 aromatic rings. The van der Waals surface area contributed by atoms with Gasteiger partial charge in [-0.05, 0) is 37.8 Å². The molecule has 1 aliphatic rings. The summed E-state index contributed by atoms with van der Waals surface area (Å²) in [6.07, 6.45) is 1.85. The fraction of sp³-hybridized carbons (Fsp3) is 0.417. The number of rotatable bonds is 3. The van der Waals surface area contributed by atoms with Crippen molar-refractivity contribution in [2.45, 2.75) is 25.3 Å². The summed E-state index contributed by atoms with van der Waals surface area (Å²) in [5.74, 6) is -0.936. The predicted octanol–water partition coefficient (Wildman–Crippen LogP) is 1.60. The van der Waals surface area contributed by atoms with E-state index in [-0.39, 0.29) is 17.4 Å². The molecule has 0 aliphatic heterocycles. The fourth-order valence-electron chi connectivity index (χ4n) is 1.73. The Hall–Kier alpha value is -1.62. The van der Waals surface area contributed by atoms with Gasteiger partial charge in [-0.25, -0.2) is 4.39 Å². The van der Waals surface area contributed by atoms with Crippen LogP contribution < -0.4 is 11.1 Å². The summed E-state index contributed by atoms with van der Waals surface area (Å²) in [4.78, 5) is 11.9. The van der Waals surface area contributed by atoms with Crippen LogP contribution in [0.5, 0.6) is 5.75 Å². The van der Waals surface area contributed by atoms with Gasteiger partial charge in [-0.1, -0.05) is 0 Å². The van der Waals surface area contributed by atoms with Crippen LogP contribution in [0.2, 0.25) is 0 Å². The molecule has 1 saturated carbocycles. The number of anilines is 1. The molecule has 0 unspecified atom stereocenters. The Bertz CT molecular complexity index is 456. The van der Waals surface area contributed by atoms with E-state index < -0.39 is 17.3 Å². The average molecular weight is 238 g/mol. The first-order valence-corrected chi connectivity index (χ1v) is 5.50. The molecule has 5 heteroatoms. The van der Waals surface area contributed by atoms with Crippen LogP contribution in [0.1, 0.15) is 19.8 Å². The Morgan fingerprint density at radius 3 is 2.82 bits per heavy atom. The normalized spacial score (nSPS) is 18.5. The molecule has 0 saturated heterocycles. The summed E-state index contributed by atoms with van der Waals surface area (Å²) in [7, 11) is 0. The zero-order chi connectivity index (χ0) is 12.6. The molecule has 92 valence electrons. The van der Waals surface area contributed by atoms with Gasteiger partial charge in [0.1, 0.15) is 11.6 Å². The molecule has 0 aromatic heterocycles. The molecule has 4 N–H and O–H groups in total. The molecule has 2 rings (SSSR count). The number of carbonyl (C=O) groups is 1. The van der Waals surface area contributed by atoms with Crippen molar-refractivity contribution in [3.05, 3.63) is 24.0 Å². The van der Waals surface area contributed by atoms with E-state index in [9.17, 15) is 14.3 Å². The fourth-order valence-corrected chi connectivity index (χ4v) is 1.73. The van der Waals surface area contributed by atoms with Crippen LogP contribution in [0.25, 0.3) is 0 Å². The Morgan fingerprint density at radius 2 is 2.24 bits per heavy atom. The first-order chi connectivity index (χ1) is 7.91. The third kappa shape index (κ3) is 2.39. The number of nitrogens with one attached hydrogen (secondary N) is 1. The smallest absolute Gasteiger partial charge is 0.244 e. The second-order valence-electron chi connectivity index (χ2n) is 4.67. The number of amides is 1. The molecule has 0 bridgehead atoms. The zero-order valence-electron chi connectivity index (χ0n) is 9.53. The third-order valence-electron chi connectivity index (χ3n) is 3.12. The largest absolute Gasteiger partial charge is 0.506 e. The van der Waals surface area contributed by atoms with Crippen molar-refractivity contribution in [3.63, 3.8) is 0 Å². The summed E-state index contributed by atoms with van der Waals surface area (Å²) in [6, 6.07) is 3.37. The lowest BCUT2D eigenvalue weighted by Gasteiger charge is -2.23. The van der Waals surface area contributed by atoms with E-state index in [2.05, 4.69) is 5.32 Å². The Balaban J connectivity index is 2.15. The van der Waals surface area contributed by atoms with Gasteiger partial charge < -0.3 is 16.2 Å². The molecule has 1 aromatic carbocycles. The van der Waals surface area contributed by atoms with Crippen LogP contribution in [0.15, 0.2) is 18.2 Å². The molecule has 1 amide bonds. The van der Waals surface area contributed by atoms with Crippen LogP contribution in [-0.4, -0.2) is 16.6 Å². The standard InChI is InChI=1S/C12H15FN2O2/c1-12(14,7-2-3-7)11(17)15-9-6-8(13)4-5-10(9)16/h4-7,16H,2-3,14H2,1H3,(H,15,17)/t12-/m1/s1. The summed E-state index contributed by atoms with van der Waals surface area (Å²) >= 11 is 0. The first-order valence-electron chi connectivity index (χ1n) is 5.50. The molecule has 0 radical (unpaired) electrons. The van der Waals surface area contributed by atoms with E-state index in [0.717, 1.165) is 25.0 Å². The molecule has 1 aliphatic carbocycles. The number of phenolic OH excluding ortho intramolecular Hbond substituents is 1. The highest BCUT2D eigenvalue weighted by Crippen LogP contribution is 2.39. The van der Waals surface area contributed by atoms with Crippen molar-refractivity contribution in [2.24, 2.45) is 11.7 Å². The first kappa shape index (κ1) is 11.9. The number of halogens is 1. The van der Waals surface area contributed by atoms with E-state index in [1.54, 1.807) is 6.92 Å². The minimum absolute atomic E-state index is 0.0484. The SMILES string of the molecule is C[C@](N)(C(=O)Nc1cc(F)ccc1O)C1CC1. The number of hydrogen-bond acceptors (Lipinski definition) is 3. The number of hydrogen-bond donors (Lipinski definition) is 3. The second kappa shape index (κ2) is 4.00. The lowest BCUT2D eigenvalue weighted by Crippen LogP contribution is -2.50. The summed E-state index contributed by atoms with van der Waals surface area (Å²) < 4.78 is 13.0. The predicted molar refractivity (Wildman–Crippen MR) is 62.0 cm³/mol. The van der Waals surface area contributed by atoms with Gasteiger partial charge in [-0.15, -0.1) is 0 Å². The van der Waals surface area contributed by atoms with Crippen LogP contribution in [0.4, 0.5) is 10.1 Å². The summed E-state index contributed by atoms with van der Waals surface area (Å²) in [6.45, 7) is 1.65. The van der Waals surface area contributed by atoms with Gasteiger partial charge in [0.05, 0.1) is 11.2 Å². The molecular weight excluding hydrogens is 223 g/mol. The lowest BCUT2D eigenvalue weighted by atomic mass is 9.96. The van der Waals surface area contributed by atoms with Crippen LogP contribution >= 0.6 is 0 Å². The highest BCUT2D eigenvalue weighted by Gasteiger charge is 2.44. The molecule has 0 spiro atoms. The van der Waals surface area contributed by atoms with Gasteiger partial charge >= 0.3 is 0 Å². The van der Waals surface area contributed by atoms with Gasteiger partial charge in [-0.3, -0.25) is 4.79 Å².